The van der Waals surface area contributed by atoms with E-state index < -0.39 is 23.0 Å². The van der Waals surface area contributed by atoms with Crippen molar-refractivity contribution in [3.05, 3.63) is 53.9 Å². The summed E-state index contributed by atoms with van der Waals surface area (Å²) in [6.07, 6.45) is 1.45. The highest BCUT2D eigenvalue weighted by molar-refractivity contribution is 8.00. The average Bonchev–Trinajstić information content (AvgIpc) is 2.81. The maximum Gasteiger partial charge on any atom is 0.446 e. The Morgan fingerprint density at radius 1 is 1.13 bits per heavy atom. The molecule has 10 heteroatoms. The van der Waals surface area contributed by atoms with Crippen molar-refractivity contribution in [3.63, 3.8) is 0 Å². The molecule has 6 nitrogen and oxygen atoms in total. The molecule has 0 N–H and O–H groups in total. The number of anilines is 1. The van der Waals surface area contributed by atoms with Crippen LogP contribution in [0.3, 0.4) is 0 Å². The molecule has 1 aliphatic heterocycles. The van der Waals surface area contributed by atoms with Gasteiger partial charge in [-0.2, -0.15) is 13.2 Å². The van der Waals surface area contributed by atoms with E-state index in [0.29, 0.717) is 5.56 Å². The zero-order valence-corrected chi connectivity index (χ0v) is 17.2. The lowest BCUT2D eigenvalue weighted by Gasteiger charge is -2.27. The molecule has 0 radical (unpaired) electrons. The Morgan fingerprint density at radius 3 is 2.33 bits per heavy atom. The minimum absolute atomic E-state index is 0.0463. The Balaban J connectivity index is 1.87. The first kappa shape index (κ1) is 21.8. The number of Topliss-reactive ketones (excluding diaryl/α,β-unsaturated/α-hetero) is 1. The standard InChI is InChI=1S/C20H18F3N3O3S/c1-12(27)16-10-13(8-9-24-16)11-25-18(29)26(17(28)19(25,2)3)14-4-6-15(7-5-14)30-20(21,22)23/h4-10H,11H2,1-3H3. The molecular weight excluding hydrogens is 419 g/mol. The molecule has 2 aromatic rings. The predicted molar refractivity (Wildman–Crippen MR) is 105 cm³/mol. The van der Waals surface area contributed by atoms with Crippen molar-refractivity contribution >= 4 is 35.2 Å². The summed E-state index contributed by atoms with van der Waals surface area (Å²) in [4.78, 5) is 43.8. The van der Waals surface area contributed by atoms with Gasteiger partial charge in [-0.05, 0) is 67.6 Å². The van der Waals surface area contributed by atoms with Crippen LogP contribution in [-0.4, -0.2) is 38.7 Å². The summed E-state index contributed by atoms with van der Waals surface area (Å²) in [5.41, 5.74) is -4.55. The van der Waals surface area contributed by atoms with Crippen LogP contribution in [0, 0.1) is 0 Å². The number of alkyl halides is 3. The van der Waals surface area contributed by atoms with Gasteiger partial charge in [-0.3, -0.25) is 14.6 Å². The lowest BCUT2D eigenvalue weighted by molar-refractivity contribution is -0.123. The monoisotopic (exact) mass is 437 g/mol. The smallest absolute Gasteiger partial charge is 0.305 e. The van der Waals surface area contributed by atoms with Crippen molar-refractivity contribution in [1.29, 1.82) is 0 Å². The van der Waals surface area contributed by atoms with Crippen LogP contribution in [0.15, 0.2) is 47.5 Å². The molecule has 0 unspecified atom stereocenters. The van der Waals surface area contributed by atoms with Crippen molar-refractivity contribution in [2.24, 2.45) is 0 Å². The number of hydrogen-bond donors (Lipinski definition) is 0. The Labute approximate surface area is 175 Å². The molecule has 0 spiro atoms. The topological polar surface area (TPSA) is 70.6 Å². The van der Waals surface area contributed by atoms with Gasteiger partial charge in [0.1, 0.15) is 11.2 Å². The lowest BCUT2D eigenvalue weighted by atomic mass is 10.0. The molecule has 1 fully saturated rings. The molecule has 1 saturated heterocycles. The largest absolute Gasteiger partial charge is 0.446 e. The van der Waals surface area contributed by atoms with E-state index in [1.165, 1.54) is 42.3 Å². The second-order valence-electron chi connectivity index (χ2n) is 7.22. The summed E-state index contributed by atoms with van der Waals surface area (Å²) >= 11 is -0.273. The summed E-state index contributed by atoms with van der Waals surface area (Å²) in [6, 6.07) is 7.65. The van der Waals surface area contributed by atoms with Crippen LogP contribution in [0.4, 0.5) is 23.7 Å². The zero-order valence-electron chi connectivity index (χ0n) is 16.4. The number of benzene rings is 1. The predicted octanol–water partition coefficient (Wildman–Crippen LogP) is 4.64. The number of amides is 3. The van der Waals surface area contributed by atoms with Crippen molar-refractivity contribution < 1.29 is 27.6 Å². The first-order valence-corrected chi connectivity index (χ1v) is 9.69. The molecule has 0 saturated carbocycles. The highest BCUT2D eigenvalue weighted by Gasteiger charge is 2.51. The van der Waals surface area contributed by atoms with Crippen molar-refractivity contribution in [2.45, 2.75) is 43.3 Å². The minimum Gasteiger partial charge on any atom is -0.305 e. The average molecular weight is 437 g/mol. The van der Waals surface area contributed by atoms with E-state index in [1.807, 2.05) is 0 Å². The fraction of sp³-hybridized carbons (Fsp3) is 0.300. The molecule has 1 aliphatic rings. The Kier molecular flexibility index (Phi) is 5.64. The number of halogens is 3. The minimum atomic E-state index is -4.43. The van der Waals surface area contributed by atoms with Gasteiger partial charge in [-0.15, -0.1) is 0 Å². The van der Waals surface area contributed by atoms with Crippen LogP contribution in [0.25, 0.3) is 0 Å². The lowest BCUT2D eigenvalue weighted by Crippen LogP contribution is -2.43. The van der Waals surface area contributed by atoms with E-state index in [4.69, 9.17) is 0 Å². The molecule has 3 rings (SSSR count). The van der Waals surface area contributed by atoms with Crippen molar-refractivity contribution in [3.8, 4) is 0 Å². The Hall–Kier alpha value is -2.88. The van der Waals surface area contributed by atoms with Gasteiger partial charge >= 0.3 is 11.5 Å². The van der Waals surface area contributed by atoms with Crippen LogP contribution in [-0.2, 0) is 11.3 Å². The number of aromatic nitrogens is 1. The molecule has 30 heavy (non-hydrogen) atoms. The van der Waals surface area contributed by atoms with Crippen LogP contribution in [0.1, 0.15) is 36.8 Å². The Morgan fingerprint density at radius 2 is 1.77 bits per heavy atom. The van der Waals surface area contributed by atoms with Crippen LogP contribution >= 0.6 is 11.8 Å². The number of ketones is 1. The van der Waals surface area contributed by atoms with Crippen LogP contribution in [0.5, 0.6) is 0 Å². The van der Waals surface area contributed by atoms with Crippen molar-refractivity contribution in [1.82, 2.24) is 9.88 Å². The molecule has 1 aromatic carbocycles. The van der Waals surface area contributed by atoms with E-state index in [-0.39, 0.29) is 40.4 Å². The molecule has 158 valence electrons. The van der Waals surface area contributed by atoms with Crippen LogP contribution < -0.4 is 4.90 Å². The number of thioether (sulfide) groups is 1. The van der Waals surface area contributed by atoms with E-state index in [2.05, 4.69) is 4.98 Å². The zero-order chi connectivity index (χ0) is 22.3. The second-order valence-corrected chi connectivity index (χ2v) is 8.35. The van der Waals surface area contributed by atoms with Gasteiger partial charge in [0.05, 0.1) is 5.69 Å². The van der Waals surface area contributed by atoms with Gasteiger partial charge in [0, 0.05) is 24.6 Å². The fourth-order valence-electron chi connectivity index (χ4n) is 3.07. The molecule has 2 heterocycles. The number of carbonyl (C=O) groups excluding carboxylic acids is 3. The third-order valence-electron chi connectivity index (χ3n) is 4.68. The van der Waals surface area contributed by atoms with Gasteiger partial charge < -0.3 is 4.90 Å². The van der Waals surface area contributed by atoms with E-state index >= 15 is 0 Å². The maximum absolute atomic E-state index is 13.0. The number of urea groups is 1. The first-order valence-electron chi connectivity index (χ1n) is 8.88. The third-order valence-corrected chi connectivity index (χ3v) is 5.42. The van der Waals surface area contributed by atoms with Gasteiger partial charge in [-0.1, -0.05) is 0 Å². The molecule has 0 bridgehead atoms. The Bertz CT molecular complexity index is 1010. The summed E-state index contributed by atoms with van der Waals surface area (Å²) in [7, 11) is 0. The number of imide groups is 1. The number of pyridine rings is 1. The summed E-state index contributed by atoms with van der Waals surface area (Å²) in [5.74, 6) is -0.719. The molecule has 0 atom stereocenters. The summed E-state index contributed by atoms with van der Waals surface area (Å²) < 4.78 is 37.6. The highest BCUT2D eigenvalue weighted by atomic mass is 32.2. The number of hydrogen-bond acceptors (Lipinski definition) is 5. The van der Waals surface area contributed by atoms with Gasteiger partial charge in [0.2, 0.25) is 0 Å². The van der Waals surface area contributed by atoms with E-state index in [1.54, 1.807) is 26.0 Å². The third kappa shape index (κ3) is 4.33. The fourth-order valence-corrected chi connectivity index (χ4v) is 3.61. The molecule has 1 aromatic heterocycles. The van der Waals surface area contributed by atoms with E-state index in [0.717, 1.165) is 4.90 Å². The summed E-state index contributed by atoms with van der Waals surface area (Å²) in [6.45, 7) is 4.63. The first-order chi connectivity index (χ1) is 13.9. The highest BCUT2D eigenvalue weighted by Crippen LogP contribution is 2.38. The number of rotatable bonds is 5. The van der Waals surface area contributed by atoms with Crippen LogP contribution in [0.2, 0.25) is 0 Å². The van der Waals surface area contributed by atoms with Gasteiger partial charge in [0.15, 0.2) is 5.78 Å². The number of carbonyl (C=O) groups is 3. The van der Waals surface area contributed by atoms with Gasteiger partial charge in [-0.25, -0.2) is 9.69 Å². The quantitative estimate of drug-likeness (QED) is 0.387. The van der Waals surface area contributed by atoms with Gasteiger partial charge in [0.25, 0.3) is 5.91 Å². The summed E-state index contributed by atoms with van der Waals surface area (Å²) in [5, 5.41) is 0. The molecule has 3 amide bonds. The second kappa shape index (κ2) is 7.75. The van der Waals surface area contributed by atoms with E-state index in [9.17, 15) is 27.6 Å². The normalized spacial score (nSPS) is 16.3. The van der Waals surface area contributed by atoms with Crippen molar-refractivity contribution in [2.75, 3.05) is 4.90 Å². The molecular formula is C20H18F3N3O3S. The SMILES string of the molecule is CC(=O)c1cc(CN2C(=O)N(c3ccc(SC(F)(F)F)cc3)C(=O)C2(C)C)ccn1. The molecule has 0 aliphatic carbocycles. The number of nitrogens with zero attached hydrogens (tertiary/aromatic N) is 3. The maximum atomic E-state index is 13.0.